The number of ether oxygens (including phenoxy) is 1. The van der Waals surface area contributed by atoms with Gasteiger partial charge in [0.1, 0.15) is 12.4 Å². The van der Waals surface area contributed by atoms with E-state index < -0.39 is 54.6 Å². The summed E-state index contributed by atoms with van der Waals surface area (Å²) in [6.45, 7) is 0.423. The molecule has 1 aromatic carbocycles. The van der Waals surface area contributed by atoms with Gasteiger partial charge in [-0.1, -0.05) is 18.2 Å². The van der Waals surface area contributed by atoms with Gasteiger partial charge in [0, 0.05) is 29.2 Å². The summed E-state index contributed by atoms with van der Waals surface area (Å²) in [5, 5.41) is 3.71. The Morgan fingerprint density at radius 2 is 1.97 bits per heavy atom. The number of hydrogen-bond acceptors (Lipinski definition) is 4. The van der Waals surface area contributed by atoms with Crippen LogP contribution in [0.3, 0.4) is 0 Å². The summed E-state index contributed by atoms with van der Waals surface area (Å²) in [5.74, 6) is -2.71. The molecule has 0 radical (unpaired) electrons. The van der Waals surface area contributed by atoms with E-state index in [0.29, 0.717) is 24.2 Å². The zero-order valence-electron chi connectivity index (χ0n) is 19.1. The van der Waals surface area contributed by atoms with Gasteiger partial charge in [-0.05, 0) is 37.9 Å². The van der Waals surface area contributed by atoms with E-state index in [1.165, 1.54) is 0 Å². The molecule has 5 nitrogen and oxygen atoms in total. The summed E-state index contributed by atoms with van der Waals surface area (Å²) in [4.78, 5) is 7.83. The van der Waals surface area contributed by atoms with Crippen LogP contribution in [0.15, 0.2) is 30.5 Å². The van der Waals surface area contributed by atoms with Crippen molar-refractivity contribution in [3.05, 3.63) is 58.9 Å². The predicted molar refractivity (Wildman–Crippen MR) is 119 cm³/mol. The zero-order chi connectivity index (χ0) is 25.2. The Bertz CT molecular complexity index is 1160. The second-order valence-electron chi connectivity index (χ2n) is 8.59. The van der Waals surface area contributed by atoms with Crippen molar-refractivity contribution in [3.63, 3.8) is 0 Å². The van der Waals surface area contributed by atoms with Crippen LogP contribution in [-0.2, 0) is 6.42 Å². The first-order valence-corrected chi connectivity index (χ1v) is 11.4. The highest BCUT2D eigenvalue weighted by atomic mass is 19.4. The Morgan fingerprint density at radius 1 is 1.20 bits per heavy atom. The smallest absolute Gasteiger partial charge is 0.401 e. The van der Waals surface area contributed by atoms with Crippen molar-refractivity contribution in [2.75, 3.05) is 32.9 Å². The molecule has 11 heteroatoms. The number of aromatic amines is 1. The maximum Gasteiger partial charge on any atom is 0.401 e. The van der Waals surface area contributed by atoms with Crippen LogP contribution in [0.5, 0.6) is 5.88 Å². The van der Waals surface area contributed by atoms with Crippen molar-refractivity contribution in [1.29, 1.82) is 0 Å². The number of hydrogen-bond donors (Lipinski definition) is 2. The fraction of sp³-hybridized carbons (Fsp3) is 0.458. The van der Waals surface area contributed by atoms with Crippen LogP contribution in [0, 0.1) is 11.6 Å². The van der Waals surface area contributed by atoms with Crippen LogP contribution >= 0.6 is 0 Å². The lowest BCUT2D eigenvalue weighted by Crippen LogP contribution is -2.47. The van der Waals surface area contributed by atoms with Crippen LogP contribution in [0.25, 0.3) is 10.9 Å². The normalized spacial score (nSPS) is 18.7. The largest absolute Gasteiger partial charge is 0.474 e. The summed E-state index contributed by atoms with van der Waals surface area (Å²) in [7, 11) is 0. The van der Waals surface area contributed by atoms with Crippen molar-refractivity contribution in [2.24, 2.45) is 0 Å². The molecule has 0 saturated carbocycles. The molecule has 1 aliphatic heterocycles. The van der Waals surface area contributed by atoms with E-state index in [1.54, 1.807) is 25.1 Å². The molecule has 0 spiro atoms. The highest BCUT2D eigenvalue weighted by Crippen LogP contribution is 2.44. The van der Waals surface area contributed by atoms with E-state index in [4.69, 9.17) is 4.74 Å². The molecule has 1 aliphatic rings. The molecule has 0 aliphatic carbocycles. The third-order valence-corrected chi connectivity index (χ3v) is 6.13. The molecule has 190 valence electrons. The number of nitrogens with one attached hydrogen (secondary N) is 2. The number of benzene rings is 1. The van der Waals surface area contributed by atoms with Gasteiger partial charge in [-0.25, -0.2) is 13.8 Å². The lowest BCUT2D eigenvalue weighted by Gasteiger charge is -2.41. The van der Waals surface area contributed by atoms with Crippen LogP contribution in [0.2, 0.25) is 0 Å². The minimum atomic E-state index is -4.58. The zero-order valence-corrected chi connectivity index (χ0v) is 19.1. The summed E-state index contributed by atoms with van der Waals surface area (Å²) < 4.78 is 88.9. The van der Waals surface area contributed by atoms with Crippen molar-refractivity contribution in [2.45, 2.75) is 38.0 Å². The van der Waals surface area contributed by atoms with Gasteiger partial charge in [0.25, 0.3) is 5.88 Å². The van der Waals surface area contributed by atoms with Gasteiger partial charge in [-0.15, -0.1) is 0 Å². The topological polar surface area (TPSA) is 53.2 Å². The number of aromatic nitrogens is 2. The first-order chi connectivity index (χ1) is 16.7. The standard InChI is InChI=1S/C24H26F6N4O/c1-14-11-16-15-5-2-3-6-18(15)33-21(16)22(34(14)13-24(28,29)30)19-17(26)12-32-23(20(19)27)35-10-9-31-8-4-7-25/h2-3,5-6,12,14,22,31,33H,4,7-11,13H2,1H3/t14-,22?/m1/s1. The number of nitrogens with zero attached hydrogens (tertiary/aromatic N) is 2. The van der Waals surface area contributed by atoms with Gasteiger partial charge in [-0.3, -0.25) is 9.29 Å². The van der Waals surface area contributed by atoms with Gasteiger partial charge < -0.3 is 15.0 Å². The third kappa shape index (κ3) is 5.40. The van der Waals surface area contributed by atoms with E-state index in [1.807, 2.05) is 6.07 Å². The van der Waals surface area contributed by atoms with Gasteiger partial charge in [0.05, 0.1) is 31.0 Å². The average molecular weight is 500 g/mol. The minimum absolute atomic E-state index is 0.0355. The minimum Gasteiger partial charge on any atom is -0.474 e. The number of H-pyrrole nitrogens is 1. The van der Waals surface area contributed by atoms with Crippen molar-refractivity contribution < 1.29 is 31.1 Å². The molecule has 35 heavy (non-hydrogen) atoms. The molecule has 3 aromatic rings. The Hall–Kier alpha value is -2.79. The van der Waals surface area contributed by atoms with E-state index >= 15 is 8.78 Å². The average Bonchev–Trinajstić information content (AvgIpc) is 3.16. The van der Waals surface area contributed by atoms with E-state index in [0.717, 1.165) is 22.0 Å². The van der Waals surface area contributed by atoms with Gasteiger partial charge >= 0.3 is 6.18 Å². The van der Waals surface area contributed by atoms with Crippen LogP contribution in [-0.4, -0.2) is 60.0 Å². The maximum absolute atomic E-state index is 15.6. The van der Waals surface area contributed by atoms with E-state index in [9.17, 15) is 17.6 Å². The van der Waals surface area contributed by atoms with Crippen LogP contribution in [0.4, 0.5) is 26.3 Å². The summed E-state index contributed by atoms with van der Waals surface area (Å²) >= 11 is 0. The molecule has 0 saturated heterocycles. The monoisotopic (exact) mass is 500 g/mol. The van der Waals surface area contributed by atoms with Crippen LogP contribution < -0.4 is 10.1 Å². The Kier molecular flexibility index (Phi) is 7.56. The van der Waals surface area contributed by atoms with Crippen molar-refractivity contribution >= 4 is 10.9 Å². The van der Waals surface area contributed by atoms with E-state index in [-0.39, 0.29) is 19.6 Å². The maximum atomic E-state index is 15.6. The number of rotatable bonds is 9. The van der Waals surface area contributed by atoms with E-state index in [2.05, 4.69) is 15.3 Å². The number of halogens is 6. The predicted octanol–water partition coefficient (Wildman–Crippen LogP) is 5.07. The highest BCUT2D eigenvalue weighted by molar-refractivity contribution is 5.85. The molecule has 4 rings (SSSR count). The van der Waals surface area contributed by atoms with Crippen molar-refractivity contribution in [1.82, 2.24) is 20.2 Å². The Balaban J connectivity index is 1.75. The lowest BCUT2D eigenvalue weighted by atomic mass is 9.88. The second kappa shape index (κ2) is 10.4. The highest BCUT2D eigenvalue weighted by Gasteiger charge is 2.44. The fourth-order valence-electron chi connectivity index (χ4n) is 4.62. The molecule has 0 amide bonds. The Labute approximate surface area is 198 Å². The molecule has 0 fully saturated rings. The van der Waals surface area contributed by atoms with Gasteiger partial charge in [0.2, 0.25) is 0 Å². The molecule has 1 unspecified atom stereocenters. The molecule has 2 N–H and O–H groups in total. The number of pyridine rings is 1. The molecule has 2 atom stereocenters. The quantitative estimate of drug-likeness (QED) is 0.318. The summed E-state index contributed by atoms with van der Waals surface area (Å²) in [6, 6.07) is 5.17. The number of alkyl halides is 4. The SMILES string of the molecule is C[C@@H]1Cc2c([nH]c3ccccc23)C(c2c(F)cnc(OCCNCCCF)c2F)N1CC(F)(F)F. The van der Waals surface area contributed by atoms with Gasteiger partial charge in [-0.2, -0.15) is 13.2 Å². The van der Waals surface area contributed by atoms with Gasteiger partial charge in [0.15, 0.2) is 5.82 Å². The van der Waals surface area contributed by atoms with Crippen LogP contribution in [0.1, 0.15) is 36.2 Å². The molecule has 0 bridgehead atoms. The molecule has 2 aromatic heterocycles. The lowest BCUT2D eigenvalue weighted by molar-refractivity contribution is -0.155. The summed E-state index contributed by atoms with van der Waals surface area (Å²) in [6.07, 6.45) is -3.22. The summed E-state index contributed by atoms with van der Waals surface area (Å²) in [5.41, 5.74) is 1.17. The fourth-order valence-corrected chi connectivity index (χ4v) is 4.62. The molecule has 3 heterocycles. The number of para-hydroxylation sites is 1. The first kappa shape index (κ1) is 25.3. The second-order valence-corrected chi connectivity index (χ2v) is 8.59. The molecular weight excluding hydrogens is 474 g/mol. The molecular formula is C24H26F6N4O. The van der Waals surface area contributed by atoms with Crippen molar-refractivity contribution in [3.8, 4) is 5.88 Å². The Morgan fingerprint density at radius 3 is 2.71 bits per heavy atom. The first-order valence-electron chi connectivity index (χ1n) is 11.4. The number of fused-ring (bicyclic) bond motifs is 3. The third-order valence-electron chi connectivity index (χ3n) is 6.13.